The highest BCUT2D eigenvalue weighted by atomic mass is 79.9. The summed E-state index contributed by atoms with van der Waals surface area (Å²) in [5.41, 5.74) is 2.32. The third kappa shape index (κ3) is 3.89. The molecule has 0 saturated heterocycles. The van der Waals surface area contributed by atoms with Crippen molar-refractivity contribution in [2.24, 2.45) is 0 Å². The number of ether oxygens (including phenoxy) is 1. The molecule has 112 valence electrons. The molecule has 1 N–H and O–H groups in total. The van der Waals surface area contributed by atoms with E-state index >= 15 is 0 Å². The number of hydrogen-bond acceptors (Lipinski definition) is 3. The van der Waals surface area contributed by atoms with E-state index in [0.717, 1.165) is 33.9 Å². The summed E-state index contributed by atoms with van der Waals surface area (Å²) in [6.45, 7) is 5.39. The molecular formula is C17H20BrNO2. The SMILES string of the molecule is Cc1ccc(OCc2cc(CNC3CC3)oc2C)c(Br)c1. The van der Waals surface area contributed by atoms with Gasteiger partial charge in [-0.05, 0) is 66.4 Å². The van der Waals surface area contributed by atoms with Crippen molar-refractivity contribution >= 4 is 15.9 Å². The zero-order valence-corrected chi connectivity index (χ0v) is 14.0. The first kappa shape index (κ1) is 14.7. The minimum absolute atomic E-state index is 0.528. The van der Waals surface area contributed by atoms with Crippen molar-refractivity contribution < 1.29 is 9.15 Å². The quantitative estimate of drug-likeness (QED) is 0.834. The fourth-order valence-electron chi connectivity index (χ4n) is 2.23. The van der Waals surface area contributed by atoms with Crippen LogP contribution in [-0.2, 0) is 13.2 Å². The van der Waals surface area contributed by atoms with E-state index in [4.69, 9.17) is 9.15 Å². The number of nitrogens with one attached hydrogen (secondary N) is 1. The van der Waals surface area contributed by atoms with Gasteiger partial charge in [0.1, 0.15) is 23.9 Å². The van der Waals surface area contributed by atoms with Gasteiger partial charge in [-0.25, -0.2) is 0 Å². The van der Waals surface area contributed by atoms with Gasteiger partial charge in [0.2, 0.25) is 0 Å². The molecular weight excluding hydrogens is 330 g/mol. The minimum atomic E-state index is 0.528. The van der Waals surface area contributed by atoms with E-state index in [2.05, 4.69) is 40.3 Å². The van der Waals surface area contributed by atoms with Gasteiger partial charge < -0.3 is 14.5 Å². The van der Waals surface area contributed by atoms with E-state index in [0.29, 0.717) is 12.6 Å². The molecule has 0 unspecified atom stereocenters. The predicted molar refractivity (Wildman–Crippen MR) is 86.5 cm³/mol. The molecule has 1 aromatic heterocycles. The lowest BCUT2D eigenvalue weighted by Crippen LogP contribution is -2.14. The minimum Gasteiger partial charge on any atom is -0.488 e. The van der Waals surface area contributed by atoms with E-state index in [1.807, 2.05) is 19.1 Å². The van der Waals surface area contributed by atoms with Gasteiger partial charge >= 0.3 is 0 Å². The Labute approximate surface area is 133 Å². The van der Waals surface area contributed by atoms with E-state index < -0.39 is 0 Å². The molecule has 0 atom stereocenters. The average molecular weight is 350 g/mol. The first-order valence-electron chi connectivity index (χ1n) is 7.32. The molecule has 1 heterocycles. The maximum Gasteiger partial charge on any atom is 0.134 e. The Morgan fingerprint density at radius 3 is 2.81 bits per heavy atom. The Bertz CT molecular complexity index is 632. The number of halogens is 1. The van der Waals surface area contributed by atoms with Gasteiger partial charge in [-0.15, -0.1) is 0 Å². The largest absolute Gasteiger partial charge is 0.488 e. The zero-order chi connectivity index (χ0) is 14.8. The summed E-state index contributed by atoms with van der Waals surface area (Å²) in [5.74, 6) is 2.78. The van der Waals surface area contributed by atoms with Crippen LogP contribution in [0.5, 0.6) is 5.75 Å². The van der Waals surface area contributed by atoms with Gasteiger partial charge in [0.25, 0.3) is 0 Å². The summed E-state index contributed by atoms with van der Waals surface area (Å²) in [6, 6.07) is 8.88. The fraction of sp³-hybridized carbons (Fsp3) is 0.412. The lowest BCUT2D eigenvalue weighted by Gasteiger charge is -2.08. The van der Waals surface area contributed by atoms with Crippen LogP contribution in [0, 0.1) is 13.8 Å². The Hall–Kier alpha value is -1.26. The third-order valence-electron chi connectivity index (χ3n) is 3.68. The van der Waals surface area contributed by atoms with Crippen molar-refractivity contribution in [3.63, 3.8) is 0 Å². The second kappa shape index (κ2) is 6.24. The normalized spacial score (nSPS) is 14.4. The van der Waals surface area contributed by atoms with E-state index in [1.54, 1.807) is 0 Å². The molecule has 0 spiro atoms. The molecule has 21 heavy (non-hydrogen) atoms. The molecule has 0 bridgehead atoms. The standard InChI is InChI=1S/C17H20BrNO2/c1-11-3-6-17(16(18)7-11)20-10-13-8-15(21-12(13)2)9-19-14-4-5-14/h3,6-8,14,19H,4-5,9-10H2,1-2H3. The Morgan fingerprint density at radius 1 is 1.29 bits per heavy atom. The Kier molecular flexibility index (Phi) is 4.36. The maximum absolute atomic E-state index is 5.88. The van der Waals surface area contributed by atoms with Crippen LogP contribution < -0.4 is 10.1 Å². The van der Waals surface area contributed by atoms with Crippen LogP contribution in [0.1, 0.15) is 35.5 Å². The number of rotatable bonds is 6. The van der Waals surface area contributed by atoms with Crippen LogP contribution in [-0.4, -0.2) is 6.04 Å². The molecule has 1 aliphatic rings. The van der Waals surface area contributed by atoms with Crippen LogP contribution >= 0.6 is 15.9 Å². The van der Waals surface area contributed by atoms with E-state index in [-0.39, 0.29) is 0 Å². The molecule has 2 aromatic rings. The lowest BCUT2D eigenvalue weighted by molar-refractivity contribution is 0.301. The summed E-state index contributed by atoms with van der Waals surface area (Å²) < 4.78 is 12.6. The fourth-order valence-corrected chi connectivity index (χ4v) is 2.84. The third-order valence-corrected chi connectivity index (χ3v) is 4.30. The predicted octanol–water partition coefficient (Wildman–Crippen LogP) is 4.49. The van der Waals surface area contributed by atoms with Crippen LogP contribution in [0.3, 0.4) is 0 Å². The molecule has 0 aliphatic heterocycles. The van der Waals surface area contributed by atoms with Crippen molar-refractivity contribution in [1.82, 2.24) is 5.32 Å². The molecule has 1 saturated carbocycles. The van der Waals surface area contributed by atoms with Gasteiger partial charge in [0.15, 0.2) is 0 Å². The van der Waals surface area contributed by atoms with E-state index in [9.17, 15) is 0 Å². The van der Waals surface area contributed by atoms with Gasteiger partial charge in [0.05, 0.1) is 11.0 Å². The van der Waals surface area contributed by atoms with Gasteiger partial charge in [0, 0.05) is 11.6 Å². The van der Waals surface area contributed by atoms with Crippen LogP contribution in [0.2, 0.25) is 0 Å². The number of benzene rings is 1. The lowest BCUT2D eigenvalue weighted by atomic mass is 10.2. The highest BCUT2D eigenvalue weighted by molar-refractivity contribution is 9.10. The Morgan fingerprint density at radius 2 is 2.10 bits per heavy atom. The molecule has 3 rings (SSSR count). The van der Waals surface area contributed by atoms with Gasteiger partial charge in [-0.3, -0.25) is 0 Å². The summed E-state index contributed by atoms with van der Waals surface area (Å²) >= 11 is 3.53. The van der Waals surface area contributed by atoms with Crippen LogP contribution in [0.15, 0.2) is 33.2 Å². The van der Waals surface area contributed by atoms with Crippen molar-refractivity contribution in [3.8, 4) is 5.75 Å². The second-order valence-corrected chi connectivity index (χ2v) is 6.53. The van der Waals surface area contributed by atoms with Crippen molar-refractivity contribution in [2.45, 2.75) is 45.9 Å². The van der Waals surface area contributed by atoms with Crippen LogP contribution in [0.25, 0.3) is 0 Å². The molecule has 3 nitrogen and oxygen atoms in total. The zero-order valence-electron chi connectivity index (χ0n) is 12.4. The van der Waals surface area contributed by atoms with Crippen molar-refractivity contribution in [1.29, 1.82) is 0 Å². The number of furan rings is 1. The molecule has 0 radical (unpaired) electrons. The number of aryl methyl sites for hydroxylation is 2. The topological polar surface area (TPSA) is 34.4 Å². The van der Waals surface area contributed by atoms with E-state index in [1.165, 1.54) is 18.4 Å². The van der Waals surface area contributed by atoms with Gasteiger partial charge in [-0.1, -0.05) is 6.07 Å². The highest BCUT2D eigenvalue weighted by Gasteiger charge is 2.21. The molecule has 1 aromatic carbocycles. The second-order valence-electron chi connectivity index (χ2n) is 5.67. The summed E-state index contributed by atoms with van der Waals surface area (Å²) in [4.78, 5) is 0. The maximum atomic E-state index is 5.88. The van der Waals surface area contributed by atoms with Crippen molar-refractivity contribution in [3.05, 3.63) is 51.4 Å². The number of hydrogen-bond donors (Lipinski definition) is 1. The Balaban J connectivity index is 1.61. The summed E-state index contributed by atoms with van der Waals surface area (Å²) in [6.07, 6.45) is 2.58. The molecule has 0 amide bonds. The first-order chi connectivity index (χ1) is 10.1. The monoisotopic (exact) mass is 349 g/mol. The van der Waals surface area contributed by atoms with Gasteiger partial charge in [-0.2, -0.15) is 0 Å². The van der Waals surface area contributed by atoms with Crippen molar-refractivity contribution in [2.75, 3.05) is 0 Å². The molecule has 1 aliphatic carbocycles. The first-order valence-corrected chi connectivity index (χ1v) is 8.11. The molecule has 4 heteroatoms. The highest BCUT2D eigenvalue weighted by Crippen LogP contribution is 2.27. The molecule has 1 fully saturated rings. The summed E-state index contributed by atoms with van der Waals surface area (Å²) in [5, 5.41) is 3.46. The smallest absolute Gasteiger partial charge is 0.134 e. The average Bonchev–Trinajstić information content (AvgIpc) is 3.20. The summed E-state index contributed by atoms with van der Waals surface area (Å²) in [7, 11) is 0. The van der Waals surface area contributed by atoms with Crippen LogP contribution in [0.4, 0.5) is 0 Å².